The summed E-state index contributed by atoms with van der Waals surface area (Å²) in [4.78, 5) is 39.8. The lowest BCUT2D eigenvalue weighted by Gasteiger charge is -2.36. The molecule has 8 nitrogen and oxygen atoms in total. The minimum atomic E-state index is -0.642. The Morgan fingerprint density at radius 2 is 2.12 bits per heavy atom. The third-order valence-corrected chi connectivity index (χ3v) is 5.19. The van der Waals surface area contributed by atoms with Crippen LogP contribution >= 0.6 is 0 Å². The number of ether oxygens (including phenoxy) is 1. The van der Waals surface area contributed by atoms with Crippen LogP contribution in [-0.2, 0) is 16.1 Å². The molecular formula is C17H19N3O5. The lowest BCUT2D eigenvalue weighted by molar-refractivity contribution is -0.136. The van der Waals surface area contributed by atoms with E-state index in [0.29, 0.717) is 24.3 Å². The maximum absolute atomic E-state index is 12.8. The molecule has 25 heavy (non-hydrogen) atoms. The molecule has 0 radical (unpaired) electrons. The summed E-state index contributed by atoms with van der Waals surface area (Å²) in [6.45, 7) is 0.615. The molecule has 3 aliphatic rings. The number of hydrogen-bond acceptors (Lipinski definition) is 6. The lowest BCUT2D eigenvalue weighted by Crippen LogP contribution is -2.52. The third-order valence-electron chi connectivity index (χ3n) is 5.19. The number of benzene rings is 1. The van der Waals surface area contributed by atoms with Crippen LogP contribution in [0.25, 0.3) is 0 Å². The second kappa shape index (κ2) is 5.73. The fourth-order valence-electron chi connectivity index (χ4n) is 3.76. The van der Waals surface area contributed by atoms with Crippen LogP contribution in [0.2, 0.25) is 0 Å². The highest BCUT2D eigenvalue weighted by atomic mass is 16.5. The molecule has 1 aromatic rings. The van der Waals surface area contributed by atoms with E-state index in [1.807, 2.05) is 11.9 Å². The van der Waals surface area contributed by atoms with Crippen LogP contribution in [0.1, 0.15) is 28.8 Å². The van der Waals surface area contributed by atoms with Gasteiger partial charge in [0.1, 0.15) is 18.4 Å². The van der Waals surface area contributed by atoms with Crippen molar-refractivity contribution < 1.29 is 24.2 Å². The minimum Gasteiger partial charge on any atom is -0.489 e. The summed E-state index contributed by atoms with van der Waals surface area (Å²) in [6, 6.07) is 2.65. The SMILES string of the molecule is CN1c2c(ccc3c2CN(C2CCC(=O)NC2=O)C3=O)OCC1CO. The largest absolute Gasteiger partial charge is 0.489 e. The van der Waals surface area contributed by atoms with Crippen LogP contribution in [0.4, 0.5) is 5.69 Å². The van der Waals surface area contributed by atoms with E-state index in [9.17, 15) is 19.5 Å². The van der Waals surface area contributed by atoms with Gasteiger partial charge in [-0.25, -0.2) is 0 Å². The molecule has 1 saturated heterocycles. The summed E-state index contributed by atoms with van der Waals surface area (Å²) in [6.07, 6.45) is 0.558. The summed E-state index contributed by atoms with van der Waals surface area (Å²) in [5, 5.41) is 11.8. The number of imide groups is 1. The van der Waals surface area contributed by atoms with Crippen LogP contribution in [0.5, 0.6) is 5.75 Å². The zero-order chi connectivity index (χ0) is 17.7. The Labute approximate surface area is 144 Å². The van der Waals surface area contributed by atoms with Gasteiger partial charge in [-0.15, -0.1) is 0 Å². The number of carbonyl (C=O) groups is 3. The quantitative estimate of drug-likeness (QED) is 0.710. The number of fused-ring (bicyclic) bond motifs is 3. The van der Waals surface area contributed by atoms with E-state index in [4.69, 9.17) is 4.74 Å². The first kappa shape index (κ1) is 15.9. The van der Waals surface area contributed by atoms with Crippen molar-refractivity contribution in [3.05, 3.63) is 23.3 Å². The predicted molar refractivity (Wildman–Crippen MR) is 87.3 cm³/mol. The fraction of sp³-hybridized carbons (Fsp3) is 0.471. The Balaban J connectivity index is 1.69. The maximum atomic E-state index is 12.8. The summed E-state index contributed by atoms with van der Waals surface area (Å²) >= 11 is 0. The van der Waals surface area contributed by atoms with Gasteiger partial charge in [-0.2, -0.15) is 0 Å². The second-order valence-electron chi connectivity index (χ2n) is 6.60. The minimum absolute atomic E-state index is 0.0512. The Morgan fingerprint density at radius 3 is 2.84 bits per heavy atom. The highest BCUT2D eigenvalue weighted by molar-refractivity contribution is 6.06. The number of anilines is 1. The first-order chi connectivity index (χ1) is 12.0. The summed E-state index contributed by atoms with van der Waals surface area (Å²) in [7, 11) is 1.86. The normalized spacial score (nSPS) is 25.4. The van der Waals surface area contributed by atoms with Gasteiger partial charge in [0.15, 0.2) is 0 Å². The monoisotopic (exact) mass is 345 g/mol. The van der Waals surface area contributed by atoms with Gasteiger partial charge >= 0.3 is 0 Å². The van der Waals surface area contributed by atoms with Gasteiger partial charge in [0.2, 0.25) is 11.8 Å². The highest BCUT2D eigenvalue weighted by Crippen LogP contribution is 2.42. The van der Waals surface area contributed by atoms with E-state index >= 15 is 0 Å². The van der Waals surface area contributed by atoms with Crippen LogP contribution in [0.3, 0.4) is 0 Å². The molecule has 2 unspecified atom stereocenters. The van der Waals surface area contributed by atoms with E-state index < -0.39 is 11.9 Å². The predicted octanol–water partition coefficient (Wildman–Crippen LogP) is -0.363. The van der Waals surface area contributed by atoms with Gasteiger partial charge in [-0.05, 0) is 18.6 Å². The Hall–Kier alpha value is -2.61. The van der Waals surface area contributed by atoms with E-state index in [1.165, 1.54) is 4.90 Å². The number of likely N-dealkylation sites (N-methyl/N-ethyl adjacent to an activating group) is 1. The van der Waals surface area contributed by atoms with Crippen molar-refractivity contribution in [3.8, 4) is 5.75 Å². The number of aliphatic hydroxyl groups is 1. The van der Waals surface area contributed by atoms with Crippen LogP contribution in [0.15, 0.2) is 12.1 Å². The van der Waals surface area contributed by atoms with Crippen molar-refractivity contribution in [3.63, 3.8) is 0 Å². The lowest BCUT2D eigenvalue weighted by atomic mass is 10.0. The van der Waals surface area contributed by atoms with Gasteiger partial charge < -0.3 is 19.6 Å². The zero-order valence-corrected chi connectivity index (χ0v) is 13.8. The number of carbonyl (C=O) groups excluding carboxylic acids is 3. The molecule has 1 fully saturated rings. The molecule has 3 heterocycles. The van der Waals surface area contributed by atoms with Crippen molar-refractivity contribution in [2.75, 3.05) is 25.2 Å². The number of nitrogens with one attached hydrogen (secondary N) is 1. The number of amides is 3. The maximum Gasteiger partial charge on any atom is 0.255 e. The average Bonchev–Trinajstić information content (AvgIpc) is 2.92. The van der Waals surface area contributed by atoms with Crippen molar-refractivity contribution in [2.24, 2.45) is 0 Å². The van der Waals surface area contributed by atoms with E-state index in [0.717, 1.165) is 11.3 Å². The first-order valence-corrected chi connectivity index (χ1v) is 8.28. The van der Waals surface area contributed by atoms with Crippen LogP contribution in [0, 0.1) is 0 Å². The van der Waals surface area contributed by atoms with Crippen LogP contribution < -0.4 is 15.0 Å². The van der Waals surface area contributed by atoms with Gasteiger partial charge in [0, 0.05) is 31.1 Å². The van der Waals surface area contributed by atoms with E-state index in [-0.39, 0.29) is 37.4 Å². The number of hydrogen-bond donors (Lipinski definition) is 2. The molecule has 0 spiro atoms. The summed E-state index contributed by atoms with van der Waals surface area (Å²) in [5.41, 5.74) is 2.12. The zero-order valence-electron chi connectivity index (χ0n) is 13.8. The average molecular weight is 345 g/mol. The molecule has 2 N–H and O–H groups in total. The van der Waals surface area contributed by atoms with Crippen molar-refractivity contribution in [1.29, 1.82) is 0 Å². The third kappa shape index (κ3) is 2.36. The standard InChI is InChI=1S/C17H19N3O5/c1-19-9(7-21)8-25-13-4-2-10-11(15(13)19)6-20(17(10)24)12-3-5-14(22)18-16(12)23/h2,4,9,12,21H,3,5-8H2,1H3,(H,18,22,23). The van der Waals surface area contributed by atoms with Crippen molar-refractivity contribution in [1.82, 2.24) is 10.2 Å². The van der Waals surface area contributed by atoms with Gasteiger partial charge in [0.25, 0.3) is 5.91 Å². The Bertz CT molecular complexity index is 778. The smallest absolute Gasteiger partial charge is 0.255 e. The molecule has 0 aromatic heterocycles. The Morgan fingerprint density at radius 1 is 1.32 bits per heavy atom. The topological polar surface area (TPSA) is 99.2 Å². The molecule has 8 heteroatoms. The van der Waals surface area contributed by atoms with E-state index in [1.54, 1.807) is 12.1 Å². The summed E-state index contributed by atoms with van der Waals surface area (Å²) in [5.74, 6) is -0.276. The van der Waals surface area contributed by atoms with Crippen molar-refractivity contribution >= 4 is 23.4 Å². The van der Waals surface area contributed by atoms with Gasteiger partial charge in [-0.1, -0.05) is 0 Å². The molecule has 2 atom stereocenters. The molecular weight excluding hydrogens is 326 g/mol. The molecule has 1 aromatic carbocycles. The molecule has 0 aliphatic carbocycles. The van der Waals surface area contributed by atoms with Crippen molar-refractivity contribution in [2.45, 2.75) is 31.5 Å². The molecule has 3 amide bonds. The van der Waals surface area contributed by atoms with Gasteiger partial charge in [-0.3, -0.25) is 19.7 Å². The molecule has 132 valence electrons. The van der Waals surface area contributed by atoms with Gasteiger partial charge in [0.05, 0.1) is 18.3 Å². The second-order valence-corrected chi connectivity index (χ2v) is 6.60. The highest BCUT2D eigenvalue weighted by Gasteiger charge is 2.42. The first-order valence-electron chi connectivity index (χ1n) is 8.28. The number of piperidine rings is 1. The Kier molecular flexibility index (Phi) is 3.64. The molecule has 4 rings (SSSR count). The molecule has 3 aliphatic heterocycles. The summed E-state index contributed by atoms with van der Waals surface area (Å²) < 4.78 is 5.72. The molecule has 0 bridgehead atoms. The van der Waals surface area contributed by atoms with Crippen LogP contribution in [-0.4, -0.2) is 60.1 Å². The number of aliphatic hydroxyl groups excluding tert-OH is 1. The number of nitrogens with zero attached hydrogens (tertiary/aromatic N) is 2. The van der Waals surface area contributed by atoms with E-state index in [2.05, 4.69) is 5.32 Å². The molecule has 0 saturated carbocycles. The number of rotatable bonds is 2. The fourth-order valence-corrected chi connectivity index (χ4v) is 3.76.